The lowest BCUT2D eigenvalue weighted by Gasteiger charge is -2.23. The van der Waals surface area contributed by atoms with Gasteiger partial charge in [0.1, 0.15) is 0 Å². The van der Waals surface area contributed by atoms with Crippen LogP contribution in [-0.4, -0.2) is 20.2 Å². The zero-order valence-corrected chi connectivity index (χ0v) is 10.1. The summed E-state index contributed by atoms with van der Waals surface area (Å²) >= 11 is 0. The van der Waals surface area contributed by atoms with Gasteiger partial charge in [-0.25, -0.2) is 13.1 Å². The van der Waals surface area contributed by atoms with E-state index >= 15 is 0 Å². The summed E-state index contributed by atoms with van der Waals surface area (Å²) in [5, 5.41) is 7.59. The summed E-state index contributed by atoms with van der Waals surface area (Å²) in [5.41, 5.74) is 0.0856. The number of rotatable bonds is 4. The first-order chi connectivity index (χ1) is 6.90. The predicted octanol–water partition coefficient (Wildman–Crippen LogP) is 1.40. The fourth-order valence-electron chi connectivity index (χ4n) is 1.87. The number of nitrogens with zero attached hydrogens (tertiary/aromatic N) is 1. The zero-order chi connectivity index (χ0) is 11.5. The summed E-state index contributed by atoms with van der Waals surface area (Å²) < 4.78 is 25.6. The molecule has 15 heavy (non-hydrogen) atoms. The van der Waals surface area contributed by atoms with Crippen LogP contribution in [0.2, 0.25) is 0 Å². The van der Waals surface area contributed by atoms with Crippen molar-refractivity contribution in [3.05, 3.63) is 0 Å². The Morgan fingerprint density at radius 1 is 1.47 bits per heavy atom. The Bertz CT molecular complexity index is 350. The largest absolute Gasteiger partial charge is 0.227 e. The van der Waals surface area contributed by atoms with Crippen LogP contribution in [0, 0.1) is 16.7 Å². The van der Waals surface area contributed by atoms with Gasteiger partial charge in [0.25, 0.3) is 0 Å². The minimum atomic E-state index is -3.45. The van der Waals surface area contributed by atoms with E-state index < -0.39 is 15.3 Å². The molecular weight excluding hydrogens is 212 g/mol. The van der Waals surface area contributed by atoms with Crippen molar-refractivity contribution in [3.8, 4) is 6.07 Å². The van der Waals surface area contributed by atoms with Crippen LogP contribution in [-0.2, 0) is 10.0 Å². The van der Waals surface area contributed by atoms with Gasteiger partial charge in [-0.3, -0.25) is 0 Å². The standard InChI is InChI=1S/C10H18N2O2S/c1-9(7-11)15(13,14)12-8-10(2)5-3-4-6-10/h9,12H,3-6,8H2,1-2H3. The first-order valence-corrected chi connectivity index (χ1v) is 6.82. The molecule has 1 aliphatic rings. The highest BCUT2D eigenvalue weighted by atomic mass is 32.2. The summed E-state index contributed by atoms with van der Waals surface area (Å²) in [7, 11) is -3.45. The van der Waals surface area contributed by atoms with Crippen molar-refractivity contribution in [1.82, 2.24) is 4.72 Å². The number of sulfonamides is 1. The van der Waals surface area contributed by atoms with Crippen LogP contribution < -0.4 is 4.72 Å². The second-order valence-electron chi connectivity index (χ2n) is 4.66. The summed E-state index contributed by atoms with van der Waals surface area (Å²) in [4.78, 5) is 0. The van der Waals surface area contributed by atoms with Crippen molar-refractivity contribution in [2.45, 2.75) is 44.8 Å². The van der Waals surface area contributed by atoms with Gasteiger partial charge in [-0.1, -0.05) is 19.8 Å². The number of nitrogens with one attached hydrogen (secondary N) is 1. The first-order valence-electron chi connectivity index (χ1n) is 5.28. The summed E-state index contributed by atoms with van der Waals surface area (Å²) in [6, 6.07) is 1.74. The molecule has 0 saturated heterocycles. The molecular formula is C10H18N2O2S. The van der Waals surface area contributed by atoms with Crippen molar-refractivity contribution < 1.29 is 8.42 Å². The maximum Gasteiger partial charge on any atom is 0.227 e. The van der Waals surface area contributed by atoms with E-state index in [9.17, 15) is 8.42 Å². The van der Waals surface area contributed by atoms with Crippen LogP contribution in [0.1, 0.15) is 39.5 Å². The van der Waals surface area contributed by atoms with Crippen molar-refractivity contribution in [1.29, 1.82) is 5.26 Å². The first kappa shape index (κ1) is 12.5. The van der Waals surface area contributed by atoms with Crippen molar-refractivity contribution in [2.24, 2.45) is 5.41 Å². The SMILES string of the molecule is CC(C#N)S(=O)(=O)NCC1(C)CCCC1. The smallest absolute Gasteiger partial charge is 0.214 e. The maximum absolute atomic E-state index is 11.5. The van der Waals surface area contributed by atoms with Crippen LogP contribution in [0.25, 0.3) is 0 Å². The minimum absolute atomic E-state index is 0.0856. The Morgan fingerprint density at radius 2 is 2.00 bits per heavy atom. The highest BCUT2D eigenvalue weighted by Crippen LogP contribution is 2.36. The van der Waals surface area contributed by atoms with Gasteiger partial charge in [-0.2, -0.15) is 5.26 Å². The topological polar surface area (TPSA) is 70.0 Å². The molecule has 1 fully saturated rings. The van der Waals surface area contributed by atoms with E-state index in [1.165, 1.54) is 19.8 Å². The normalized spacial score (nSPS) is 22.2. The maximum atomic E-state index is 11.5. The third-order valence-corrected chi connectivity index (χ3v) is 4.74. The predicted molar refractivity (Wildman–Crippen MR) is 58.6 cm³/mol. The van der Waals surface area contributed by atoms with E-state index in [2.05, 4.69) is 11.6 Å². The molecule has 0 radical (unpaired) electrons. The average molecular weight is 230 g/mol. The minimum Gasteiger partial charge on any atom is -0.214 e. The van der Waals surface area contributed by atoms with E-state index in [0.717, 1.165) is 12.8 Å². The Labute approximate surface area is 91.7 Å². The monoisotopic (exact) mass is 230 g/mol. The molecule has 1 unspecified atom stereocenters. The highest BCUT2D eigenvalue weighted by Gasteiger charge is 2.31. The summed E-state index contributed by atoms with van der Waals surface area (Å²) in [5.74, 6) is 0. The molecule has 0 spiro atoms. The lowest BCUT2D eigenvalue weighted by Crippen LogP contribution is -2.38. The van der Waals surface area contributed by atoms with Gasteiger partial charge in [-0.05, 0) is 25.2 Å². The van der Waals surface area contributed by atoms with Crippen LogP contribution in [0.5, 0.6) is 0 Å². The Morgan fingerprint density at radius 3 is 2.47 bits per heavy atom. The van der Waals surface area contributed by atoms with E-state index in [1.54, 1.807) is 6.07 Å². The third kappa shape index (κ3) is 3.18. The Kier molecular flexibility index (Phi) is 3.74. The van der Waals surface area contributed by atoms with Gasteiger partial charge in [-0.15, -0.1) is 0 Å². The third-order valence-electron chi connectivity index (χ3n) is 3.16. The average Bonchev–Trinajstić information content (AvgIpc) is 2.62. The van der Waals surface area contributed by atoms with Crippen molar-refractivity contribution in [3.63, 3.8) is 0 Å². The van der Waals surface area contributed by atoms with E-state index in [-0.39, 0.29) is 5.41 Å². The molecule has 5 heteroatoms. The second-order valence-corrected chi connectivity index (χ2v) is 6.74. The molecule has 86 valence electrons. The molecule has 4 nitrogen and oxygen atoms in total. The van der Waals surface area contributed by atoms with Crippen LogP contribution >= 0.6 is 0 Å². The summed E-state index contributed by atoms with van der Waals surface area (Å²) in [6.45, 7) is 3.96. The quantitative estimate of drug-likeness (QED) is 0.793. The molecule has 0 heterocycles. The molecule has 1 atom stereocenters. The lowest BCUT2D eigenvalue weighted by molar-refractivity contribution is 0.336. The van der Waals surface area contributed by atoms with Crippen LogP contribution in [0.15, 0.2) is 0 Å². The molecule has 0 aromatic carbocycles. The molecule has 0 bridgehead atoms. The summed E-state index contributed by atoms with van der Waals surface area (Å²) in [6.07, 6.45) is 4.48. The molecule has 1 N–H and O–H groups in total. The van der Waals surface area contributed by atoms with Gasteiger partial charge < -0.3 is 0 Å². The lowest BCUT2D eigenvalue weighted by atomic mass is 9.89. The van der Waals surface area contributed by atoms with Gasteiger partial charge in [0.15, 0.2) is 5.25 Å². The van der Waals surface area contributed by atoms with E-state index in [1.807, 2.05) is 0 Å². The fraction of sp³-hybridized carbons (Fsp3) is 0.900. The van der Waals surface area contributed by atoms with Gasteiger partial charge in [0.2, 0.25) is 10.0 Å². The Hall–Kier alpha value is -0.600. The van der Waals surface area contributed by atoms with Gasteiger partial charge >= 0.3 is 0 Å². The second kappa shape index (κ2) is 4.50. The number of hydrogen-bond donors (Lipinski definition) is 1. The molecule has 0 aromatic rings. The van der Waals surface area contributed by atoms with E-state index in [0.29, 0.717) is 6.54 Å². The molecule has 1 rings (SSSR count). The van der Waals surface area contributed by atoms with Gasteiger partial charge in [0.05, 0.1) is 6.07 Å². The van der Waals surface area contributed by atoms with Crippen LogP contribution in [0.3, 0.4) is 0 Å². The van der Waals surface area contributed by atoms with Gasteiger partial charge in [0, 0.05) is 6.54 Å². The zero-order valence-electron chi connectivity index (χ0n) is 9.28. The number of nitriles is 1. The molecule has 0 aromatic heterocycles. The number of hydrogen-bond acceptors (Lipinski definition) is 3. The van der Waals surface area contributed by atoms with E-state index in [4.69, 9.17) is 5.26 Å². The fourth-order valence-corrected chi connectivity index (χ4v) is 2.81. The Balaban J connectivity index is 2.53. The molecule has 0 aliphatic heterocycles. The highest BCUT2D eigenvalue weighted by molar-refractivity contribution is 7.90. The molecule has 1 aliphatic carbocycles. The molecule has 1 saturated carbocycles. The molecule has 0 amide bonds. The van der Waals surface area contributed by atoms with Crippen molar-refractivity contribution >= 4 is 10.0 Å². The van der Waals surface area contributed by atoms with Crippen molar-refractivity contribution in [2.75, 3.05) is 6.54 Å². The van der Waals surface area contributed by atoms with Crippen LogP contribution in [0.4, 0.5) is 0 Å².